The minimum Gasteiger partial charge on any atom is -0.394 e. The summed E-state index contributed by atoms with van der Waals surface area (Å²) in [6, 6.07) is 0. The number of aromatic amines is 1. The molecular formula is C9H12FN5O3. The molecule has 0 aliphatic rings. The molecule has 0 fully saturated rings. The lowest BCUT2D eigenvalue weighted by atomic mass is 10.2. The SMILES string of the molecule is Nc1nc2c(ncn2C[C@@H](F)[C@@H](O)CO)c(=O)[nH]1. The Bertz CT molecular complexity index is 610. The number of nitrogens with zero attached hydrogens (tertiary/aromatic N) is 3. The molecule has 18 heavy (non-hydrogen) atoms. The van der Waals surface area contributed by atoms with Crippen molar-refractivity contribution in [3.05, 3.63) is 16.7 Å². The number of H-pyrrole nitrogens is 1. The zero-order valence-electron chi connectivity index (χ0n) is 9.25. The van der Waals surface area contributed by atoms with Gasteiger partial charge in [0.1, 0.15) is 12.3 Å². The third-order valence-electron chi connectivity index (χ3n) is 2.47. The number of aromatic nitrogens is 4. The minimum atomic E-state index is -1.70. The minimum absolute atomic E-state index is 0.0369. The first kappa shape index (κ1) is 12.5. The number of hydrogen-bond donors (Lipinski definition) is 4. The van der Waals surface area contributed by atoms with Crippen LogP contribution >= 0.6 is 0 Å². The highest BCUT2D eigenvalue weighted by Crippen LogP contribution is 2.10. The molecule has 0 bridgehead atoms. The predicted molar refractivity (Wildman–Crippen MR) is 60.5 cm³/mol. The van der Waals surface area contributed by atoms with E-state index in [-0.39, 0.29) is 23.7 Å². The summed E-state index contributed by atoms with van der Waals surface area (Å²) in [5.41, 5.74) is 5.03. The summed E-state index contributed by atoms with van der Waals surface area (Å²) in [6.07, 6.45) is -1.97. The number of fused-ring (bicyclic) bond motifs is 1. The molecule has 0 aliphatic carbocycles. The number of nitrogen functional groups attached to an aromatic ring is 1. The van der Waals surface area contributed by atoms with Crippen LogP contribution in [-0.2, 0) is 6.54 Å². The zero-order valence-corrected chi connectivity index (χ0v) is 9.25. The van der Waals surface area contributed by atoms with E-state index in [0.717, 1.165) is 0 Å². The van der Waals surface area contributed by atoms with E-state index >= 15 is 0 Å². The molecule has 0 radical (unpaired) electrons. The van der Waals surface area contributed by atoms with Crippen LogP contribution in [0.5, 0.6) is 0 Å². The predicted octanol–water partition coefficient (Wildman–Crippen LogP) is -1.61. The number of anilines is 1. The van der Waals surface area contributed by atoms with Crippen LogP contribution < -0.4 is 11.3 Å². The van der Waals surface area contributed by atoms with Crippen molar-refractivity contribution in [2.24, 2.45) is 0 Å². The number of halogens is 1. The summed E-state index contributed by atoms with van der Waals surface area (Å²) in [4.78, 5) is 21.4. The summed E-state index contributed by atoms with van der Waals surface area (Å²) >= 11 is 0. The number of nitrogens with two attached hydrogens (primary N) is 1. The van der Waals surface area contributed by atoms with Crippen molar-refractivity contribution in [3.8, 4) is 0 Å². The lowest BCUT2D eigenvalue weighted by Crippen LogP contribution is -2.29. The van der Waals surface area contributed by atoms with Gasteiger partial charge in [-0.2, -0.15) is 4.98 Å². The van der Waals surface area contributed by atoms with Crippen molar-refractivity contribution < 1.29 is 14.6 Å². The monoisotopic (exact) mass is 257 g/mol. The van der Waals surface area contributed by atoms with E-state index in [1.54, 1.807) is 0 Å². The fraction of sp³-hybridized carbons (Fsp3) is 0.444. The molecule has 0 spiro atoms. The van der Waals surface area contributed by atoms with Crippen molar-refractivity contribution >= 4 is 17.1 Å². The van der Waals surface area contributed by atoms with Gasteiger partial charge in [0.05, 0.1) is 19.5 Å². The highest BCUT2D eigenvalue weighted by Gasteiger charge is 2.20. The number of rotatable bonds is 4. The van der Waals surface area contributed by atoms with E-state index < -0.39 is 24.4 Å². The van der Waals surface area contributed by atoms with Gasteiger partial charge in [0.25, 0.3) is 5.56 Å². The van der Waals surface area contributed by atoms with Gasteiger partial charge in [-0.15, -0.1) is 0 Å². The Morgan fingerprint density at radius 1 is 1.61 bits per heavy atom. The highest BCUT2D eigenvalue weighted by molar-refractivity contribution is 5.70. The van der Waals surface area contributed by atoms with Crippen LogP contribution in [-0.4, -0.2) is 48.6 Å². The molecule has 2 heterocycles. The first-order valence-electron chi connectivity index (χ1n) is 5.16. The van der Waals surface area contributed by atoms with E-state index in [1.165, 1.54) is 10.9 Å². The average Bonchev–Trinajstić information content (AvgIpc) is 2.71. The van der Waals surface area contributed by atoms with Gasteiger partial charge in [-0.1, -0.05) is 0 Å². The Balaban J connectivity index is 2.38. The van der Waals surface area contributed by atoms with Crippen LogP contribution in [0.4, 0.5) is 10.3 Å². The second-order valence-corrected chi connectivity index (χ2v) is 3.79. The third kappa shape index (κ3) is 2.17. The smallest absolute Gasteiger partial charge is 0.280 e. The van der Waals surface area contributed by atoms with Gasteiger partial charge in [0, 0.05) is 0 Å². The fourth-order valence-corrected chi connectivity index (χ4v) is 1.53. The van der Waals surface area contributed by atoms with Gasteiger partial charge in [0.2, 0.25) is 5.95 Å². The third-order valence-corrected chi connectivity index (χ3v) is 2.47. The van der Waals surface area contributed by atoms with Crippen molar-refractivity contribution in [1.82, 2.24) is 19.5 Å². The molecule has 2 aromatic rings. The number of aliphatic hydroxyl groups is 2. The van der Waals surface area contributed by atoms with Crippen LogP contribution in [0.3, 0.4) is 0 Å². The van der Waals surface area contributed by atoms with Crippen molar-refractivity contribution in [1.29, 1.82) is 0 Å². The Hall–Kier alpha value is -2.00. The van der Waals surface area contributed by atoms with E-state index in [1.807, 2.05) is 0 Å². The molecule has 2 aromatic heterocycles. The molecule has 8 nitrogen and oxygen atoms in total. The maximum Gasteiger partial charge on any atom is 0.280 e. The molecule has 0 aromatic carbocycles. The molecule has 0 aliphatic heterocycles. The summed E-state index contributed by atoms with van der Waals surface area (Å²) in [6.45, 7) is -0.974. The number of nitrogens with one attached hydrogen (secondary N) is 1. The van der Waals surface area contributed by atoms with E-state index in [9.17, 15) is 9.18 Å². The number of hydrogen-bond acceptors (Lipinski definition) is 6. The van der Waals surface area contributed by atoms with E-state index in [4.69, 9.17) is 15.9 Å². The van der Waals surface area contributed by atoms with E-state index in [2.05, 4.69) is 15.0 Å². The molecule has 2 atom stereocenters. The molecule has 0 saturated carbocycles. The Morgan fingerprint density at radius 2 is 2.33 bits per heavy atom. The summed E-state index contributed by atoms with van der Waals surface area (Å²) in [5, 5.41) is 17.8. The summed E-state index contributed by atoms with van der Waals surface area (Å²) < 4.78 is 14.7. The maximum absolute atomic E-state index is 13.5. The molecule has 5 N–H and O–H groups in total. The topological polar surface area (TPSA) is 130 Å². The molecule has 0 amide bonds. The number of aliphatic hydroxyl groups excluding tert-OH is 2. The largest absolute Gasteiger partial charge is 0.394 e. The summed E-state index contributed by atoms with van der Waals surface area (Å²) in [5.74, 6) is -0.104. The van der Waals surface area contributed by atoms with Gasteiger partial charge in [-0.05, 0) is 0 Å². The summed E-state index contributed by atoms with van der Waals surface area (Å²) in [7, 11) is 0. The molecule has 0 saturated heterocycles. The van der Waals surface area contributed by atoms with Crippen molar-refractivity contribution in [3.63, 3.8) is 0 Å². The number of imidazole rings is 1. The van der Waals surface area contributed by atoms with E-state index in [0.29, 0.717) is 0 Å². The Kier molecular flexibility index (Phi) is 3.26. The van der Waals surface area contributed by atoms with Crippen LogP contribution in [0.25, 0.3) is 11.2 Å². The second-order valence-electron chi connectivity index (χ2n) is 3.79. The van der Waals surface area contributed by atoms with Gasteiger partial charge >= 0.3 is 0 Å². The van der Waals surface area contributed by atoms with Crippen LogP contribution in [0.2, 0.25) is 0 Å². The fourth-order valence-electron chi connectivity index (χ4n) is 1.53. The molecule has 2 rings (SSSR count). The lowest BCUT2D eigenvalue weighted by molar-refractivity contribution is 0.0220. The van der Waals surface area contributed by atoms with Crippen LogP contribution in [0.15, 0.2) is 11.1 Å². The van der Waals surface area contributed by atoms with Gasteiger partial charge in [0.15, 0.2) is 11.2 Å². The quantitative estimate of drug-likeness (QED) is 0.521. The van der Waals surface area contributed by atoms with Crippen LogP contribution in [0.1, 0.15) is 0 Å². The van der Waals surface area contributed by atoms with Gasteiger partial charge in [-0.3, -0.25) is 9.78 Å². The Labute approximate surface area is 99.9 Å². The van der Waals surface area contributed by atoms with Gasteiger partial charge < -0.3 is 20.5 Å². The first-order valence-corrected chi connectivity index (χ1v) is 5.16. The molecular weight excluding hydrogens is 245 g/mol. The standard InChI is InChI=1S/C9H12FN5O3/c10-4(5(17)2-16)1-15-3-12-6-7(15)13-9(11)14-8(6)18/h3-5,16-17H,1-2H2,(H3,11,13,14,18)/t4-,5+/m1/s1. The second kappa shape index (κ2) is 4.70. The van der Waals surface area contributed by atoms with Gasteiger partial charge in [-0.25, -0.2) is 9.37 Å². The van der Waals surface area contributed by atoms with Crippen LogP contribution in [0, 0.1) is 0 Å². The highest BCUT2D eigenvalue weighted by atomic mass is 19.1. The molecule has 0 unspecified atom stereocenters. The first-order chi connectivity index (χ1) is 8.52. The maximum atomic E-state index is 13.5. The van der Waals surface area contributed by atoms with Crippen molar-refractivity contribution in [2.45, 2.75) is 18.8 Å². The van der Waals surface area contributed by atoms with Crippen molar-refractivity contribution in [2.75, 3.05) is 12.3 Å². The molecule has 98 valence electrons. The Morgan fingerprint density at radius 3 is 3.00 bits per heavy atom. The zero-order chi connectivity index (χ0) is 13.3. The molecule has 9 heteroatoms. The normalized spacial score (nSPS) is 14.8. The number of alkyl halides is 1. The average molecular weight is 257 g/mol. The lowest BCUT2D eigenvalue weighted by Gasteiger charge is -2.13.